The molecule has 0 aliphatic rings. The van der Waals surface area contributed by atoms with E-state index in [1.807, 2.05) is 0 Å². The molecule has 0 atom stereocenters. The van der Waals surface area contributed by atoms with E-state index >= 15 is 0 Å². The molecule has 0 aliphatic heterocycles. The minimum Gasteiger partial charge on any atom is -0.399 e. The van der Waals surface area contributed by atoms with Crippen LogP contribution in [-0.4, -0.2) is 14.3 Å². The molecule has 0 spiro atoms. The van der Waals surface area contributed by atoms with E-state index in [1.165, 1.54) is 42.5 Å². The average Bonchev–Trinajstić information content (AvgIpc) is 2.37. The number of rotatable bonds is 4. The maximum atomic E-state index is 12.3. The molecular weight excluding hydrogens is 358 g/mol. The number of hydrogen-bond donors (Lipinski definition) is 3. The Kier molecular flexibility index (Phi) is 4.19. The molecule has 0 radical (unpaired) electrons. The number of hydrogen-bond acceptors (Lipinski definition) is 4. The molecule has 0 unspecified atom stereocenters. The number of primary amides is 1. The van der Waals surface area contributed by atoms with E-state index in [-0.39, 0.29) is 16.1 Å². The summed E-state index contributed by atoms with van der Waals surface area (Å²) in [5.41, 5.74) is 11.6. The highest BCUT2D eigenvalue weighted by molar-refractivity contribution is 9.10. The molecule has 5 N–H and O–H groups in total. The largest absolute Gasteiger partial charge is 0.399 e. The summed E-state index contributed by atoms with van der Waals surface area (Å²) in [6, 6.07) is 10.3. The molecule has 2 aromatic rings. The van der Waals surface area contributed by atoms with Crippen molar-refractivity contribution < 1.29 is 13.2 Å². The van der Waals surface area contributed by atoms with Gasteiger partial charge in [0.1, 0.15) is 4.90 Å². The Morgan fingerprint density at radius 1 is 1.14 bits per heavy atom. The molecule has 21 heavy (non-hydrogen) atoms. The smallest absolute Gasteiger partial charge is 0.263 e. The van der Waals surface area contributed by atoms with Crippen molar-refractivity contribution in [3.8, 4) is 0 Å². The fourth-order valence-electron chi connectivity index (χ4n) is 1.68. The fourth-order valence-corrected chi connectivity index (χ4v) is 3.83. The number of amides is 1. The van der Waals surface area contributed by atoms with E-state index in [4.69, 9.17) is 11.5 Å². The van der Waals surface area contributed by atoms with Crippen molar-refractivity contribution in [1.29, 1.82) is 0 Å². The van der Waals surface area contributed by atoms with Gasteiger partial charge >= 0.3 is 0 Å². The lowest BCUT2D eigenvalue weighted by atomic mass is 10.2. The molecule has 0 saturated carbocycles. The highest BCUT2D eigenvalue weighted by atomic mass is 79.9. The van der Waals surface area contributed by atoms with Crippen LogP contribution >= 0.6 is 15.9 Å². The van der Waals surface area contributed by atoms with Crippen LogP contribution in [0.15, 0.2) is 51.8 Å². The number of nitrogens with two attached hydrogens (primary N) is 2. The SMILES string of the molecule is NC(=O)c1cccc(NS(=O)(=O)c2ccc(N)cc2Br)c1. The monoisotopic (exact) mass is 369 g/mol. The van der Waals surface area contributed by atoms with Gasteiger partial charge in [0, 0.05) is 21.4 Å². The van der Waals surface area contributed by atoms with Crippen molar-refractivity contribution in [2.45, 2.75) is 4.90 Å². The molecule has 0 aromatic heterocycles. The topological polar surface area (TPSA) is 115 Å². The van der Waals surface area contributed by atoms with Gasteiger partial charge in [0.15, 0.2) is 0 Å². The highest BCUT2D eigenvalue weighted by Crippen LogP contribution is 2.26. The van der Waals surface area contributed by atoms with E-state index in [0.29, 0.717) is 10.2 Å². The van der Waals surface area contributed by atoms with Crippen LogP contribution in [0.4, 0.5) is 11.4 Å². The molecule has 0 bridgehead atoms. The predicted octanol–water partition coefficient (Wildman–Crippen LogP) is 1.93. The molecule has 1 amide bonds. The van der Waals surface area contributed by atoms with E-state index in [1.54, 1.807) is 0 Å². The first-order chi connectivity index (χ1) is 9.79. The van der Waals surface area contributed by atoms with Crippen LogP contribution in [-0.2, 0) is 10.0 Å². The Hall–Kier alpha value is -2.06. The Labute approximate surface area is 130 Å². The van der Waals surface area contributed by atoms with E-state index in [2.05, 4.69) is 20.7 Å². The van der Waals surface area contributed by atoms with Crippen molar-refractivity contribution in [3.05, 3.63) is 52.5 Å². The van der Waals surface area contributed by atoms with Gasteiger partial charge in [-0.25, -0.2) is 8.42 Å². The molecule has 8 heteroatoms. The third-order valence-corrected chi connectivity index (χ3v) is 5.00. The molecule has 2 rings (SSSR count). The van der Waals surface area contributed by atoms with Crippen LogP contribution in [0.25, 0.3) is 0 Å². The van der Waals surface area contributed by atoms with Gasteiger partial charge < -0.3 is 11.5 Å². The van der Waals surface area contributed by atoms with Crippen LogP contribution in [0, 0.1) is 0 Å². The summed E-state index contributed by atoms with van der Waals surface area (Å²) in [6.07, 6.45) is 0. The summed E-state index contributed by atoms with van der Waals surface area (Å²) >= 11 is 3.16. The van der Waals surface area contributed by atoms with Gasteiger partial charge in [-0.3, -0.25) is 9.52 Å². The number of halogens is 1. The van der Waals surface area contributed by atoms with Gasteiger partial charge in [-0.05, 0) is 52.3 Å². The van der Waals surface area contributed by atoms with Crippen LogP contribution in [0.3, 0.4) is 0 Å². The number of benzene rings is 2. The third-order valence-electron chi connectivity index (χ3n) is 2.64. The third kappa shape index (κ3) is 3.53. The Morgan fingerprint density at radius 2 is 1.86 bits per heavy atom. The zero-order valence-electron chi connectivity index (χ0n) is 10.7. The van der Waals surface area contributed by atoms with Crippen molar-refractivity contribution in [2.75, 3.05) is 10.5 Å². The van der Waals surface area contributed by atoms with Crippen LogP contribution in [0.1, 0.15) is 10.4 Å². The summed E-state index contributed by atoms with van der Waals surface area (Å²) < 4.78 is 27.4. The zero-order chi connectivity index (χ0) is 15.6. The fraction of sp³-hybridized carbons (Fsp3) is 0. The van der Waals surface area contributed by atoms with Crippen molar-refractivity contribution >= 4 is 43.2 Å². The van der Waals surface area contributed by atoms with Crippen LogP contribution < -0.4 is 16.2 Å². The summed E-state index contributed by atoms with van der Waals surface area (Å²) in [5, 5.41) is 0. The first kappa shape index (κ1) is 15.3. The van der Waals surface area contributed by atoms with E-state index in [9.17, 15) is 13.2 Å². The molecule has 2 aromatic carbocycles. The lowest BCUT2D eigenvalue weighted by molar-refractivity contribution is 0.100. The Morgan fingerprint density at radius 3 is 2.48 bits per heavy atom. The number of carbonyl (C=O) groups is 1. The standard InChI is InChI=1S/C13H12BrN3O3S/c14-11-7-9(15)4-5-12(11)21(19,20)17-10-3-1-2-8(6-10)13(16)18/h1-7,17H,15H2,(H2,16,18). The van der Waals surface area contributed by atoms with Gasteiger partial charge in [-0.15, -0.1) is 0 Å². The summed E-state index contributed by atoms with van der Waals surface area (Å²) in [7, 11) is -3.81. The lowest BCUT2D eigenvalue weighted by Gasteiger charge is -2.10. The van der Waals surface area contributed by atoms with Crippen molar-refractivity contribution in [2.24, 2.45) is 5.73 Å². The normalized spacial score (nSPS) is 11.1. The van der Waals surface area contributed by atoms with Crippen LogP contribution in [0.2, 0.25) is 0 Å². The number of anilines is 2. The number of nitrogens with one attached hydrogen (secondary N) is 1. The quantitative estimate of drug-likeness (QED) is 0.713. The molecular formula is C13H12BrN3O3S. The van der Waals surface area contributed by atoms with Gasteiger partial charge in [-0.2, -0.15) is 0 Å². The maximum Gasteiger partial charge on any atom is 0.263 e. The first-order valence-electron chi connectivity index (χ1n) is 5.77. The average molecular weight is 370 g/mol. The lowest BCUT2D eigenvalue weighted by Crippen LogP contribution is -2.15. The molecule has 6 nitrogen and oxygen atoms in total. The minimum atomic E-state index is -3.81. The molecule has 0 heterocycles. The Bertz CT molecular complexity index is 806. The number of sulfonamides is 1. The second-order valence-electron chi connectivity index (χ2n) is 4.24. The van der Waals surface area contributed by atoms with Gasteiger partial charge in [0.05, 0.1) is 0 Å². The minimum absolute atomic E-state index is 0.0428. The molecule has 0 aliphatic carbocycles. The van der Waals surface area contributed by atoms with Crippen molar-refractivity contribution in [1.82, 2.24) is 0 Å². The molecule has 0 fully saturated rings. The molecule has 0 saturated heterocycles. The van der Waals surface area contributed by atoms with Gasteiger partial charge in [0.2, 0.25) is 5.91 Å². The Balaban J connectivity index is 2.37. The van der Waals surface area contributed by atoms with E-state index < -0.39 is 15.9 Å². The van der Waals surface area contributed by atoms with Crippen molar-refractivity contribution in [3.63, 3.8) is 0 Å². The maximum absolute atomic E-state index is 12.3. The first-order valence-corrected chi connectivity index (χ1v) is 8.05. The summed E-state index contributed by atoms with van der Waals surface area (Å²) in [6.45, 7) is 0. The van der Waals surface area contributed by atoms with Crippen LogP contribution in [0.5, 0.6) is 0 Å². The van der Waals surface area contributed by atoms with E-state index in [0.717, 1.165) is 0 Å². The second kappa shape index (κ2) is 5.74. The molecule has 110 valence electrons. The van der Waals surface area contributed by atoms with Gasteiger partial charge in [0.25, 0.3) is 10.0 Å². The summed E-state index contributed by atoms with van der Waals surface area (Å²) in [5.74, 6) is -0.635. The summed E-state index contributed by atoms with van der Waals surface area (Å²) in [4.78, 5) is 11.1. The number of nitrogen functional groups attached to an aromatic ring is 1. The van der Waals surface area contributed by atoms with Gasteiger partial charge in [-0.1, -0.05) is 6.07 Å². The second-order valence-corrected chi connectivity index (χ2v) is 6.75. The predicted molar refractivity (Wildman–Crippen MR) is 84.3 cm³/mol. The number of carbonyl (C=O) groups excluding carboxylic acids is 1. The highest BCUT2D eigenvalue weighted by Gasteiger charge is 2.18. The zero-order valence-corrected chi connectivity index (χ0v) is 13.1.